The average Bonchev–Trinajstić information content (AvgIpc) is 3.49. The lowest BCUT2D eigenvalue weighted by atomic mass is 10.3. The zero-order valence-electron chi connectivity index (χ0n) is 19.8. The van der Waals surface area contributed by atoms with Gasteiger partial charge in [0, 0.05) is 71.0 Å². The summed E-state index contributed by atoms with van der Waals surface area (Å²) in [6.45, 7) is 11.2. The Balaban J connectivity index is 0.000000509. The molecule has 4 N–H and O–H groups in total. The Bertz CT molecular complexity index is 1050. The number of piperazine rings is 1. The van der Waals surface area contributed by atoms with Crippen molar-refractivity contribution in [2.75, 3.05) is 57.8 Å². The van der Waals surface area contributed by atoms with Gasteiger partial charge in [-0.15, -0.1) is 0 Å². The topological polar surface area (TPSA) is 162 Å². The van der Waals surface area contributed by atoms with Crippen LogP contribution in [0.3, 0.4) is 0 Å². The first kappa shape index (κ1) is 26.1. The number of aliphatic carboxylic acids is 2. The maximum absolute atomic E-state index is 9.10. The number of rotatable bonds is 10. The molecule has 1 saturated heterocycles. The molecule has 3 aromatic heterocycles. The second kappa shape index (κ2) is 13.4. The van der Waals surface area contributed by atoms with Crippen molar-refractivity contribution < 1.29 is 24.5 Å². The predicted molar refractivity (Wildman–Crippen MR) is 128 cm³/mol. The zero-order valence-corrected chi connectivity index (χ0v) is 19.8. The fourth-order valence-electron chi connectivity index (χ4n) is 3.73. The van der Waals surface area contributed by atoms with Gasteiger partial charge >= 0.3 is 11.9 Å². The number of hydrogen-bond donors (Lipinski definition) is 4. The van der Waals surface area contributed by atoms with Gasteiger partial charge in [0.25, 0.3) is 0 Å². The van der Waals surface area contributed by atoms with Crippen LogP contribution in [0.2, 0.25) is 0 Å². The highest BCUT2D eigenvalue weighted by molar-refractivity contribution is 6.27. The van der Waals surface area contributed by atoms with E-state index in [1.54, 1.807) is 6.20 Å². The number of nitrogens with zero attached hydrogens (tertiary/aromatic N) is 6. The Kier molecular flexibility index (Phi) is 9.95. The quantitative estimate of drug-likeness (QED) is 0.233. The summed E-state index contributed by atoms with van der Waals surface area (Å²) in [4.78, 5) is 39.8. The van der Waals surface area contributed by atoms with Crippen LogP contribution in [-0.4, -0.2) is 109 Å². The molecule has 1 aliphatic rings. The monoisotopic (exact) mass is 488 g/mol. The number of nitrogens with one attached hydrogen (secondary N) is 2. The zero-order chi connectivity index (χ0) is 25.0. The van der Waals surface area contributed by atoms with Crippen LogP contribution < -0.4 is 5.32 Å². The molecule has 0 aromatic carbocycles. The minimum atomic E-state index is -1.82. The Morgan fingerprint density at radius 2 is 1.83 bits per heavy atom. The van der Waals surface area contributed by atoms with E-state index in [0.29, 0.717) is 6.61 Å². The first-order chi connectivity index (χ1) is 17.0. The molecule has 4 rings (SSSR count). The molecule has 0 unspecified atom stereocenters. The largest absolute Gasteiger partial charge is 0.473 e. The van der Waals surface area contributed by atoms with Crippen molar-refractivity contribution in [1.82, 2.24) is 34.3 Å². The van der Waals surface area contributed by atoms with E-state index in [1.165, 1.54) is 0 Å². The SMILES string of the molecule is CCOCCn1c(CN2CCN(CCNc3ncc[nH]3)CC2)nc2cccnc21.O=C(O)C(=O)O. The van der Waals surface area contributed by atoms with Crippen molar-refractivity contribution in [1.29, 1.82) is 0 Å². The molecule has 0 atom stereocenters. The molecular weight excluding hydrogens is 456 g/mol. The van der Waals surface area contributed by atoms with E-state index in [2.05, 4.69) is 34.6 Å². The molecule has 35 heavy (non-hydrogen) atoms. The smallest absolute Gasteiger partial charge is 0.414 e. The van der Waals surface area contributed by atoms with Crippen molar-refractivity contribution in [2.45, 2.75) is 20.0 Å². The van der Waals surface area contributed by atoms with Crippen molar-refractivity contribution >= 4 is 29.1 Å². The number of hydrogen-bond acceptors (Lipinski definition) is 9. The van der Waals surface area contributed by atoms with Crippen molar-refractivity contribution in [3.63, 3.8) is 0 Å². The fourth-order valence-corrected chi connectivity index (χ4v) is 3.73. The lowest BCUT2D eigenvalue weighted by Crippen LogP contribution is -2.47. The summed E-state index contributed by atoms with van der Waals surface area (Å²) in [5.41, 5.74) is 1.91. The van der Waals surface area contributed by atoms with E-state index in [9.17, 15) is 0 Å². The third kappa shape index (κ3) is 8.02. The minimum absolute atomic E-state index is 0.683. The summed E-state index contributed by atoms with van der Waals surface area (Å²) in [6.07, 6.45) is 5.43. The number of aromatic amines is 1. The van der Waals surface area contributed by atoms with Gasteiger partial charge < -0.3 is 29.8 Å². The van der Waals surface area contributed by atoms with Gasteiger partial charge in [0.05, 0.1) is 13.2 Å². The van der Waals surface area contributed by atoms with E-state index in [-0.39, 0.29) is 0 Å². The predicted octanol–water partition coefficient (Wildman–Crippen LogP) is 0.576. The Morgan fingerprint density at radius 1 is 1.09 bits per heavy atom. The van der Waals surface area contributed by atoms with Crippen LogP contribution in [0, 0.1) is 0 Å². The highest BCUT2D eigenvalue weighted by atomic mass is 16.5. The van der Waals surface area contributed by atoms with Crippen molar-refractivity contribution in [2.24, 2.45) is 0 Å². The fraction of sp³-hybridized carbons (Fsp3) is 0.500. The van der Waals surface area contributed by atoms with E-state index in [4.69, 9.17) is 29.5 Å². The van der Waals surface area contributed by atoms with Gasteiger partial charge in [-0.25, -0.2) is 24.5 Å². The number of H-pyrrole nitrogens is 1. The van der Waals surface area contributed by atoms with Gasteiger partial charge in [0.15, 0.2) is 11.6 Å². The van der Waals surface area contributed by atoms with Crippen LogP contribution in [0.5, 0.6) is 0 Å². The molecule has 0 radical (unpaired) electrons. The maximum atomic E-state index is 9.10. The first-order valence-corrected chi connectivity index (χ1v) is 11.5. The Morgan fingerprint density at radius 3 is 2.49 bits per heavy atom. The van der Waals surface area contributed by atoms with E-state index < -0.39 is 11.9 Å². The molecule has 1 aliphatic heterocycles. The number of imidazole rings is 2. The number of fused-ring (bicyclic) bond motifs is 1. The normalized spacial score (nSPS) is 14.4. The third-order valence-corrected chi connectivity index (χ3v) is 5.48. The molecule has 0 spiro atoms. The van der Waals surface area contributed by atoms with Crippen molar-refractivity contribution in [3.05, 3.63) is 36.5 Å². The van der Waals surface area contributed by atoms with Gasteiger partial charge in [0.2, 0.25) is 0 Å². The van der Waals surface area contributed by atoms with E-state index in [1.807, 2.05) is 31.5 Å². The number of aromatic nitrogens is 5. The van der Waals surface area contributed by atoms with Gasteiger partial charge in [0.1, 0.15) is 11.3 Å². The van der Waals surface area contributed by atoms with Gasteiger partial charge in [-0.2, -0.15) is 0 Å². The second-order valence-electron chi connectivity index (χ2n) is 7.82. The molecule has 3 aromatic rings. The highest BCUT2D eigenvalue weighted by Gasteiger charge is 2.20. The number of carbonyl (C=O) groups is 2. The van der Waals surface area contributed by atoms with Gasteiger partial charge in [-0.1, -0.05) is 0 Å². The van der Waals surface area contributed by atoms with Crippen LogP contribution >= 0.6 is 0 Å². The van der Waals surface area contributed by atoms with Crippen LogP contribution in [0.15, 0.2) is 30.7 Å². The molecule has 4 heterocycles. The van der Waals surface area contributed by atoms with Crippen LogP contribution in [-0.2, 0) is 27.4 Å². The molecule has 190 valence electrons. The molecule has 0 amide bonds. The average molecular weight is 489 g/mol. The Labute approximate surface area is 202 Å². The summed E-state index contributed by atoms with van der Waals surface area (Å²) < 4.78 is 7.78. The minimum Gasteiger partial charge on any atom is -0.473 e. The summed E-state index contributed by atoms with van der Waals surface area (Å²) in [6, 6.07) is 3.98. The van der Waals surface area contributed by atoms with Crippen LogP contribution in [0.1, 0.15) is 12.7 Å². The van der Waals surface area contributed by atoms with Crippen LogP contribution in [0.4, 0.5) is 5.95 Å². The summed E-state index contributed by atoms with van der Waals surface area (Å²) in [7, 11) is 0. The maximum Gasteiger partial charge on any atom is 0.414 e. The number of carboxylic acids is 2. The number of carboxylic acid groups (broad SMARTS) is 2. The molecule has 0 aliphatic carbocycles. The molecule has 0 bridgehead atoms. The van der Waals surface area contributed by atoms with Gasteiger partial charge in [-0.05, 0) is 19.1 Å². The molecule has 0 saturated carbocycles. The summed E-state index contributed by atoms with van der Waals surface area (Å²) >= 11 is 0. The summed E-state index contributed by atoms with van der Waals surface area (Å²) in [5, 5.41) is 18.1. The molecular formula is C22H32N8O5. The first-order valence-electron chi connectivity index (χ1n) is 11.5. The molecule has 13 nitrogen and oxygen atoms in total. The van der Waals surface area contributed by atoms with Gasteiger partial charge in [-0.3, -0.25) is 9.80 Å². The summed E-state index contributed by atoms with van der Waals surface area (Å²) in [5.74, 6) is -1.74. The lowest BCUT2D eigenvalue weighted by Gasteiger charge is -2.34. The number of anilines is 1. The highest BCUT2D eigenvalue weighted by Crippen LogP contribution is 2.16. The van der Waals surface area contributed by atoms with Crippen LogP contribution in [0.25, 0.3) is 11.2 Å². The second-order valence-corrected chi connectivity index (χ2v) is 7.82. The lowest BCUT2D eigenvalue weighted by molar-refractivity contribution is -0.159. The van der Waals surface area contributed by atoms with E-state index in [0.717, 1.165) is 81.9 Å². The van der Waals surface area contributed by atoms with E-state index >= 15 is 0 Å². The number of pyridine rings is 1. The third-order valence-electron chi connectivity index (χ3n) is 5.48. The molecule has 13 heteroatoms. The standard InChI is InChI=1S/C20H30N8O.C2H2O4/c1-2-29-15-14-28-18(25-17-4-3-5-21-19(17)28)16-27-12-10-26(11-13-27)9-8-24-20-22-6-7-23-20;3-1(4)2(5)6/h3-7H,2,8-16H2,1H3,(H2,22,23,24);(H,3,4)(H,5,6). The number of ether oxygens (including phenoxy) is 1. The molecule has 1 fully saturated rings. The Hall–Kier alpha value is -3.55. The van der Waals surface area contributed by atoms with Crippen molar-refractivity contribution in [3.8, 4) is 0 Å².